The average molecular weight is 471 g/mol. The lowest BCUT2D eigenvalue weighted by Crippen LogP contribution is -2.42. The number of hydrogen-bond donors (Lipinski definition) is 2. The molecule has 0 bridgehead atoms. The Labute approximate surface area is 163 Å². The maximum Gasteiger partial charge on any atom is 0.417 e. The third-order valence-electron chi connectivity index (χ3n) is 4.11. The molecular weight excluding hydrogens is 446 g/mol. The monoisotopic (exact) mass is 471 g/mol. The van der Waals surface area contributed by atoms with Gasteiger partial charge in [0.05, 0.1) is 5.56 Å². The quantitative estimate of drug-likeness (QED) is 0.298. The third kappa shape index (κ3) is 7.25. The normalized spacial score (nSPS) is 16.5. The zero-order valence-electron chi connectivity index (χ0n) is 14.2. The van der Waals surface area contributed by atoms with Gasteiger partial charge in [-0.25, -0.2) is 4.98 Å². The Bertz CT molecular complexity index is 540. The molecule has 0 aromatic carbocycles. The number of alkyl halides is 3. The van der Waals surface area contributed by atoms with Gasteiger partial charge in [-0.15, -0.1) is 24.0 Å². The fraction of sp³-hybridized carbons (Fsp3) is 0.625. The van der Waals surface area contributed by atoms with Crippen LogP contribution in [0.5, 0.6) is 0 Å². The molecule has 0 saturated carbocycles. The first-order valence-electron chi connectivity index (χ1n) is 8.18. The van der Waals surface area contributed by atoms with Crippen molar-refractivity contribution in [3.05, 3.63) is 23.9 Å². The molecule has 1 aromatic rings. The van der Waals surface area contributed by atoms with Crippen LogP contribution in [0, 0.1) is 5.92 Å². The standard InChI is InChI=1S/C16H24F3N5.HI/c1-12-5-9-24(10-6-12)15(20)22-8-2-7-21-14-4-3-13(11-23-14)16(17,18)19;/h3-4,11-12H,2,5-10H2,1H3,(H2,20,22)(H,21,23);1H. The van der Waals surface area contributed by atoms with E-state index in [0.29, 0.717) is 24.9 Å². The van der Waals surface area contributed by atoms with E-state index in [2.05, 4.69) is 27.1 Å². The molecule has 5 nitrogen and oxygen atoms in total. The van der Waals surface area contributed by atoms with Crippen molar-refractivity contribution in [3.63, 3.8) is 0 Å². The zero-order valence-corrected chi connectivity index (χ0v) is 16.6. The maximum absolute atomic E-state index is 12.4. The number of piperidine rings is 1. The van der Waals surface area contributed by atoms with Gasteiger partial charge < -0.3 is 16.0 Å². The van der Waals surface area contributed by atoms with Crippen molar-refractivity contribution < 1.29 is 13.2 Å². The number of halogens is 4. The first-order chi connectivity index (χ1) is 11.4. The lowest BCUT2D eigenvalue weighted by atomic mass is 10.00. The van der Waals surface area contributed by atoms with Crippen LogP contribution in [0.15, 0.2) is 23.3 Å². The molecule has 0 aliphatic carbocycles. The Hall–Kier alpha value is -1.26. The van der Waals surface area contributed by atoms with Gasteiger partial charge in [0, 0.05) is 32.4 Å². The van der Waals surface area contributed by atoms with Gasteiger partial charge in [0.15, 0.2) is 5.96 Å². The summed E-state index contributed by atoms with van der Waals surface area (Å²) in [6.07, 6.45) is -0.526. The van der Waals surface area contributed by atoms with Crippen LogP contribution in [-0.4, -0.2) is 42.0 Å². The van der Waals surface area contributed by atoms with Crippen molar-refractivity contribution in [2.45, 2.75) is 32.4 Å². The predicted molar refractivity (Wildman–Crippen MR) is 104 cm³/mol. The van der Waals surface area contributed by atoms with Gasteiger partial charge in [-0.05, 0) is 37.3 Å². The smallest absolute Gasteiger partial charge is 0.370 e. The second kappa shape index (κ2) is 10.0. The minimum absolute atomic E-state index is 0. The summed E-state index contributed by atoms with van der Waals surface area (Å²) in [6, 6.07) is 2.35. The molecule has 0 amide bonds. The molecule has 9 heteroatoms. The highest BCUT2D eigenvalue weighted by Crippen LogP contribution is 2.28. The SMILES string of the molecule is CC1CCN(C(N)=NCCCNc2ccc(C(F)(F)F)cn2)CC1.I. The van der Waals surface area contributed by atoms with E-state index in [4.69, 9.17) is 5.73 Å². The molecule has 2 heterocycles. The summed E-state index contributed by atoms with van der Waals surface area (Å²) >= 11 is 0. The Kier molecular flexibility index (Phi) is 8.74. The number of nitrogens with two attached hydrogens (primary N) is 1. The summed E-state index contributed by atoms with van der Waals surface area (Å²) in [5, 5.41) is 2.98. The first-order valence-corrected chi connectivity index (χ1v) is 8.18. The molecule has 1 aliphatic rings. The largest absolute Gasteiger partial charge is 0.417 e. The Morgan fingerprint density at radius 1 is 1.36 bits per heavy atom. The van der Waals surface area contributed by atoms with Gasteiger partial charge in [-0.1, -0.05) is 6.92 Å². The molecule has 0 radical (unpaired) electrons. The number of nitrogens with zero attached hydrogens (tertiary/aromatic N) is 3. The lowest BCUT2D eigenvalue weighted by molar-refractivity contribution is -0.137. The summed E-state index contributed by atoms with van der Waals surface area (Å²) < 4.78 is 37.3. The van der Waals surface area contributed by atoms with Crippen LogP contribution < -0.4 is 11.1 Å². The summed E-state index contributed by atoms with van der Waals surface area (Å²) in [4.78, 5) is 10.2. The van der Waals surface area contributed by atoms with Gasteiger partial charge in [0.1, 0.15) is 5.82 Å². The minimum atomic E-state index is -4.36. The number of rotatable bonds is 5. The average Bonchev–Trinajstić information content (AvgIpc) is 2.54. The second-order valence-corrected chi connectivity index (χ2v) is 6.12. The highest BCUT2D eigenvalue weighted by atomic mass is 127. The van der Waals surface area contributed by atoms with Gasteiger partial charge in [0.25, 0.3) is 0 Å². The zero-order chi connectivity index (χ0) is 17.6. The maximum atomic E-state index is 12.4. The number of aliphatic imine (C=N–C) groups is 1. The highest BCUT2D eigenvalue weighted by molar-refractivity contribution is 14.0. The summed E-state index contributed by atoms with van der Waals surface area (Å²) in [6.45, 7) is 5.29. The van der Waals surface area contributed by atoms with E-state index < -0.39 is 11.7 Å². The topological polar surface area (TPSA) is 66.5 Å². The molecule has 1 fully saturated rings. The number of aromatic nitrogens is 1. The fourth-order valence-electron chi connectivity index (χ4n) is 2.49. The van der Waals surface area contributed by atoms with Crippen molar-refractivity contribution in [3.8, 4) is 0 Å². The van der Waals surface area contributed by atoms with Gasteiger partial charge >= 0.3 is 6.18 Å². The molecule has 3 N–H and O–H groups in total. The molecular formula is C16H25F3IN5. The second-order valence-electron chi connectivity index (χ2n) is 6.12. The van der Waals surface area contributed by atoms with Crippen molar-refractivity contribution >= 4 is 35.8 Å². The molecule has 1 aliphatic heterocycles. The van der Waals surface area contributed by atoms with E-state index in [9.17, 15) is 13.2 Å². The number of nitrogens with one attached hydrogen (secondary N) is 1. The Morgan fingerprint density at radius 3 is 2.60 bits per heavy atom. The van der Waals surface area contributed by atoms with Crippen LogP contribution in [0.25, 0.3) is 0 Å². The fourth-order valence-corrected chi connectivity index (χ4v) is 2.49. The third-order valence-corrected chi connectivity index (χ3v) is 4.11. The van der Waals surface area contributed by atoms with E-state index in [1.54, 1.807) is 0 Å². The molecule has 25 heavy (non-hydrogen) atoms. The van der Waals surface area contributed by atoms with Gasteiger partial charge in [-0.3, -0.25) is 4.99 Å². The molecule has 1 aromatic heterocycles. The van der Waals surface area contributed by atoms with Crippen LogP contribution in [-0.2, 0) is 6.18 Å². The number of guanidine groups is 1. The molecule has 2 rings (SSSR count). The van der Waals surface area contributed by atoms with Crippen molar-refractivity contribution in [1.82, 2.24) is 9.88 Å². The first kappa shape index (κ1) is 21.8. The van der Waals surface area contributed by atoms with Crippen LogP contribution in [0.2, 0.25) is 0 Å². The summed E-state index contributed by atoms with van der Waals surface area (Å²) in [7, 11) is 0. The van der Waals surface area contributed by atoms with E-state index in [-0.39, 0.29) is 24.0 Å². The van der Waals surface area contributed by atoms with Crippen molar-refractivity contribution in [2.75, 3.05) is 31.5 Å². The highest BCUT2D eigenvalue weighted by Gasteiger charge is 2.30. The molecule has 0 spiro atoms. The van der Waals surface area contributed by atoms with Crippen LogP contribution in [0.3, 0.4) is 0 Å². The van der Waals surface area contributed by atoms with Gasteiger partial charge in [-0.2, -0.15) is 13.2 Å². The van der Waals surface area contributed by atoms with Crippen LogP contribution in [0.1, 0.15) is 31.7 Å². The predicted octanol–water partition coefficient (Wildman–Crippen LogP) is 3.57. The molecule has 0 atom stereocenters. The van der Waals surface area contributed by atoms with E-state index in [1.807, 2.05) is 0 Å². The van der Waals surface area contributed by atoms with Crippen LogP contribution in [0.4, 0.5) is 19.0 Å². The van der Waals surface area contributed by atoms with E-state index in [0.717, 1.165) is 50.5 Å². The molecule has 142 valence electrons. The number of hydrogen-bond acceptors (Lipinski definition) is 3. The van der Waals surface area contributed by atoms with Gasteiger partial charge in [0.2, 0.25) is 0 Å². The summed E-state index contributed by atoms with van der Waals surface area (Å²) in [5.74, 6) is 1.74. The Morgan fingerprint density at radius 2 is 2.04 bits per heavy atom. The molecule has 1 saturated heterocycles. The Balaban J connectivity index is 0.00000312. The summed E-state index contributed by atoms with van der Waals surface area (Å²) in [5.41, 5.74) is 5.23. The van der Waals surface area contributed by atoms with E-state index >= 15 is 0 Å². The minimum Gasteiger partial charge on any atom is -0.370 e. The van der Waals surface area contributed by atoms with Crippen LogP contribution >= 0.6 is 24.0 Å². The number of pyridine rings is 1. The van der Waals surface area contributed by atoms with Crippen molar-refractivity contribution in [2.24, 2.45) is 16.6 Å². The van der Waals surface area contributed by atoms with E-state index in [1.165, 1.54) is 6.07 Å². The number of anilines is 1. The molecule has 0 unspecified atom stereocenters. The number of likely N-dealkylation sites (tertiary alicyclic amines) is 1. The van der Waals surface area contributed by atoms with Crippen molar-refractivity contribution in [1.29, 1.82) is 0 Å². The lowest BCUT2D eigenvalue weighted by Gasteiger charge is -2.31.